The van der Waals surface area contributed by atoms with E-state index in [4.69, 9.17) is 16.0 Å². The lowest BCUT2D eigenvalue weighted by Crippen LogP contribution is -2.20. The second-order valence-corrected chi connectivity index (χ2v) is 4.68. The summed E-state index contributed by atoms with van der Waals surface area (Å²) in [6, 6.07) is 5.99. The van der Waals surface area contributed by atoms with Gasteiger partial charge in [0.15, 0.2) is 5.58 Å². The Bertz CT molecular complexity index is 536. The molecule has 0 spiro atoms. The normalized spacial score (nSPS) is 12.9. The number of anilines is 1. The molecule has 0 radical (unpaired) electrons. The van der Waals surface area contributed by atoms with Gasteiger partial charge in [0.25, 0.3) is 0 Å². The number of alkyl halides is 1. The molecule has 0 saturated heterocycles. The maximum atomic E-state index is 9.47. The number of nitrogens with one attached hydrogen (secondary N) is 1. The second-order valence-electron chi connectivity index (χ2n) is 4.38. The Balaban J connectivity index is 2.33. The van der Waals surface area contributed by atoms with Gasteiger partial charge < -0.3 is 14.8 Å². The number of aryl methyl sites for hydroxylation is 2. The molecule has 0 aliphatic carbocycles. The van der Waals surface area contributed by atoms with Gasteiger partial charge in [-0.05, 0) is 18.6 Å². The lowest BCUT2D eigenvalue weighted by atomic mass is 10.1. The molecule has 3 nitrogen and oxygen atoms in total. The zero-order valence-electron chi connectivity index (χ0n) is 10.7. The van der Waals surface area contributed by atoms with E-state index >= 15 is 0 Å². The highest BCUT2D eigenvalue weighted by atomic mass is 35.5. The summed E-state index contributed by atoms with van der Waals surface area (Å²) in [6.07, 6.45) is 0.327. The molecule has 2 N–H and O–H groups in total. The van der Waals surface area contributed by atoms with Crippen LogP contribution in [0.5, 0.6) is 0 Å². The van der Waals surface area contributed by atoms with Gasteiger partial charge in [0.05, 0.1) is 17.7 Å². The fourth-order valence-corrected chi connectivity index (χ4v) is 2.16. The summed E-state index contributed by atoms with van der Waals surface area (Å²) in [5.41, 5.74) is 2.95. The lowest BCUT2D eigenvalue weighted by Gasteiger charge is -2.10. The average Bonchev–Trinajstić information content (AvgIpc) is 2.73. The quantitative estimate of drug-likeness (QED) is 0.817. The van der Waals surface area contributed by atoms with Crippen LogP contribution in [0.25, 0.3) is 11.0 Å². The van der Waals surface area contributed by atoms with Crippen molar-refractivity contribution in [1.29, 1.82) is 0 Å². The standard InChI is InChI=1S/C14H18ClNO2/c1-3-13-9(2)11-5-4-6-12(14(11)18-13)16-8-10(17)7-15/h4-6,10,16-17H,3,7-8H2,1-2H3. The minimum atomic E-state index is -0.552. The molecule has 0 fully saturated rings. The van der Waals surface area contributed by atoms with Crippen LogP contribution in [-0.2, 0) is 6.42 Å². The van der Waals surface area contributed by atoms with Gasteiger partial charge in [0, 0.05) is 18.4 Å². The van der Waals surface area contributed by atoms with Crippen molar-refractivity contribution >= 4 is 28.3 Å². The molecule has 1 aromatic carbocycles. The first-order chi connectivity index (χ1) is 8.67. The number of hydrogen-bond acceptors (Lipinski definition) is 3. The number of furan rings is 1. The molecule has 0 aliphatic heterocycles. The van der Waals surface area contributed by atoms with Gasteiger partial charge >= 0.3 is 0 Å². The highest BCUT2D eigenvalue weighted by Gasteiger charge is 2.12. The van der Waals surface area contributed by atoms with E-state index in [2.05, 4.69) is 25.2 Å². The van der Waals surface area contributed by atoms with Crippen molar-refractivity contribution in [2.24, 2.45) is 0 Å². The van der Waals surface area contributed by atoms with Crippen molar-refractivity contribution in [2.45, 2.75) is 26.4 Å². The zero-order chi connectivity index (χ0) is 13.1. The third-order valence-corrected chi connectivity index (χ3v) is 3.45. The number of rotatable bonds is 5. The number of hydrogen-bond donors (Lipinski definition) is 2. The summed E-state index contributed by atoms with van der Waals surface area (Å²) in [7, 11) is 0. The van der Waals surface area contributed by atoms with Gasteiger partial charge in [-0.1, -0.05) is 19.1 Å². The second kappa shape index (κ2) is 5.63. The molecule has 4 heteroatoms. The maximum Gasteiger partial charge on any atom is 0.157 e. The number of benzene rings is 1. The average molecular weight is 268 g/mol. The van der Waals surface area contributed by atoms with Crippen LogP contribution in [0.3, 0.4) is 0 Å². The largest absolute Gasteiger partial charge is 0.459 e. The monoisotopic (exact) mass is 267 g/mol. The van der Waals surface area contributed by atoms with E-state index in [1.165, 1.54) is 5.56 Å². The van der Waals surface area contributed by atoms with E-state index < -0.39 is 6.10 Å². The van der Waals surface area contributed by atoms with Gasteiger partial charge in [0.2, 0.25) is 0 Å². The first-order valence-electron chi connectivity index (χ1n) is 6.16. The highest BCUT2D eigenvalue weighted by molar-refractivity contribution is 6.18. The Morgan fingerprint density at radius 1 is 1.44 bits per heavy atom. The van der Waals surface area contributed by atoms with Gasteiger partial charge in [-0.2, -0.15) is 0 Å². The van der Waals surface area contributed by atoms with Crippen LogP contribution in [-0.4, -0.2) is 23.6 Å². The van der Waals surface area contributed by atoms with Gasteiger partial charge in [-0.3, -0.25) is 0 Å². The fourth-order valence-electron chi connectivity index (χ4n) is 2.05. The first kappa shape index (κ1) is 13.2. The van der Waals surface area contributed by atoms with Gasteiger partial charge in [0.1, 0.15) is 5.76 Å². The van der Waals surface area contributed by atoms with E-state index in [1.54, 1.807) is 0 Å². The summed E-state index contributed by atoms with van der Waals surface area (Å²) < 4.78 is 5.87. The fraction of sp³-hybridized carbons (Fsp3) is 0.429. The maximum absolute atomic E-state index is 9.47. The lowest BCUT2D eigenvalue weighted by molar-refractivity contribution is 0.211. The Morgan fingerprint density at radius 3 is 2.89 bits per heavy atom. The molecule has 0 aliphatic rings. The Morgan fingerprint density at radius 2 is 2.22 bits per heavy atom. The zero-order valence-corrected chi connectivity index (χ0v) is 11.4. The summed E-state index contributed by atoms with van der Waals surface area (Å²) in [6.45, 7) is 4.57. The van der Waals surface area contributed by atoms with Crippen LogP contribution in [0, 0.1) is 6.92 Å². The van der Waals surface area contributed by atoms with Crippen LogP contribution in [0.2, 0.25) is 0 Å². The number of para-hydroxylation sites is 1. The van der Waals surface area contributed by atoms with Crippen molar-refractivity contribution in [1.82, 2.24) is 0 Å². The van der Waals surface area contributed by atoms with E-state index in [9.17, 15) is 5.11 Å². The molecule has 1 aromatic heterocycles. The Kier molecular flexibility index (Phi) is 4.15. The molecule has 2 aromatic rings. The molecular formula is C14H18ClNO2. The van der Waals surface area contributed by atoms with Crippen LogP contribution in [0.4, 0.5) is 5.69 Å². The predicted molar refractivity (Wildman–Crippen MR) is 75.5 cm³/mol. The van der Waals surface area contributed by atoms with Crippen molar-refractivity contribution in [2.75, 3.05) is 17.7 Å². The molecule has 2 rings (SSSR count). The highest BCUT2D eigenvalue weighted by Crippen LogP contribution is 2.31. The number of aliphatic hydroxyl groups is 1. The summed E-state index contributed by atoms with van der Waals surface area (Å²) >= 11 is 5.57. The molecule has 1 heterocycles. The van der Waals surface area contributed by atoms with Crippen molar-refractivity contribution in [3.8, 4) is 0 Å². The third kappa shape index (κ3) is 2.47. The summed E-state index contributed by atoms with van der Waals surface area (Å²) in [5.74, 6) is 1.23. The minimum Gasteiger partial charge on any atom is -0.459 e. The van der Waals surface area contributed by atoms with Crippen LogP contribution in [0.1, 0.15) is 18.2 Å². The summed E-state index contributed by atoms with van der Waals surface area (Å²) in [5, 5.41) is 13.8. The van der Waals surface area contributed by atoms with Gasteiger partial charge in [-0.25, -0.2) is 0 Å². The molecule has 18 heavy (non-hydrogen) atoms. The molecule has 0 bridgehead atoms. The van der Waals surface area contributed by atoms with Crippen LogP contribution >= 0.6 is 11.6 Å². The van der Waals surface area contributed by atoms with Crippen molar-refractivity contribution in [3.05, 3.63) is 29.5 Å². The first-order valence-corrected chi connectivity index (χ1v) is 6.69. The topological polar surface area (TPSA) is 45.4 Å². The van der Waals surface area contributed by atoms with E-state index in [0.717, 1.165) is 28.8 Å². The van der Waals surface area contributed by atoms with Crippen LogP contribution < -0.4 is 5.32 Å². The molecule has 1 atom stereocenters. The molecule has 0 saturated carbocycles. The summed E-state index contributed by atoms with van der Waals surface area (Å²) in [4.78, 5) is 0. The Labute approximate surface area is 112 Å². The number of fused-ring (bicyclic) bond motifs is 1. The number of halogens is 1. The van der Waals surface area contributed by atoms with Crippen LogP contribution in [0.15, 0.2) is 22.6 Å². The SMILES string of the molecule is CCc1oc2c(NCC(O)CCl)cccc2c1C. The van der Waals surface area contributed by atoms with E-state index in [-0.39, 0.29) is 5.88 Å². The van der Waals surface area contributed by atoms with E-state index in [1.807, 2.05) is 12.1 Å². The van der Waals surface area contributed by atoms with Gasteiger partial charge in [-0.15, -0.1) is 11.6 Å². The molecule has 0 amide bonds. The molecule has 98 valence electrons. The third-order valence-electron chi connectivity index (χ3n) is 3.09. The van der Waals surface area contributed by atoms with Crippen molar-refractivity contribution in [3.63, 3.8) is 0 Å². The molecular weight excluding hydrogens is 250 g/mol. The predicted octanol–water partition coefficient (Wildman–Crippen LogP) is 3.32. The molecule has 1 unspecified atom stereocenters. The van der Waals surface area contributed by atoms with E-state index in [0.29, 0.717) is 6.54 Å². The Hall–Kier alpha value is -1.19. The number of aliphatic hydroxyl groups excluding tert-OH is 1. The minimum absolute atomic E-state index is 0.223. The van der Waals surface area contributed by atoms with Crippen molar-refractivity contribution < 1.29 is 9.52 Å². The smallest absolute Gasteiger partial charge is 0.157 e.